The number of benzene rings is 2. The Morgan fingerprint density at radius 1 is 1.02 bits per heavy atom. The quantitative estimate of drug-likeness (QED) is 0.327. The summed E-state index contributed by atoms with van der Waals surface area (Å²) in [5.74, 6) is 0.0112. The summed E-state index contributed by atoms with van der Waals surface area (Å²) >= 11 is 12.8. The van der Waals surface area contributed by atoms with Gasteiger partial charge in [-0.05, 0) is 74.6 Å². The van der Waals surface area contributed by atoms with Gasteiger partial charge in [0, 0.05) is 57.3 Å². The first kappa shape index (κ1) is 26.3. The highest BCUT2D eigenvalue weighted by Crippen LogP contribution is 2.43. The van der Waals surface area contributed by atoms with Crippen molar-refractivity contribution < 1.29 is 14.3 Å². The number of aromatic nitrogens is 3. The van der Waals surface area contributed by atoms with Crippen LogP contribution in [0.3, 0.4) is 0 Å². The predicted octanol–water partition coefficient (Wildman–Crippen LogP) is 5.74. The van der Waals surface area contributed by atoms with Gasteiger partial charge in [-0.2, -0.15) is 5.10 Å². The lowest BCUT2D eigenvalue weighted by molar-refractivity contribution is 0.0739. The summed E-state index contributed by atoms with van der Waals surface area (Å²) in [6.45, 7) is 2.79. The Kier molecular flexibility index (Phi) is 6.76. The van der Waals surface area contributed by atoms with E-state index in [2.05, 4.69) is 11.9 Å². The molecule has 2 aromatic carbocycles. The zero-order valence-corrected chi connectivity index (χ0v) is 23.6. The Bertz CT molecular complexity index is 1660. The van der Waals surface area contributed by atoms with E-state index in [9.17, 15) is 9.59 Å². The Hall–Kier alpha value is -3.88. The second kappa shape index (κ2) is 10.3. The molecule has 40 heavy (non-hydrogen) atoms. The summed E-state index contributed by atoms with van der Waals surface area (Å²) in [7, 11) is 1.61. The van der Waals surface area contributed by atoms with Gasteiger partial charge in [-0.1, -0.05) is 23.2 Å². The van der Waals surface area contributed by atoms with E-state index in [1.807, 2.05) is 17.0 Å². The molecule has 204 valence electrons. The van der Waals surface area contributed by atoms with Gasteiger partial charge < -0.3 is 15.4 Å². The van der Waals surface area contributed by atoms with E-state index in [4.69, 9.17) is 38.8 Å². The zero-order valence-electron chi connectivity index (χ0n) is 22.1. The Labute approximate surface area is 241 Å². The van der Waals surface area contributed by atoms with Crippen LogP contribution in [-0.4, -0.2) is 51.2 Å². The van der Waals surface area contributed by atoms with E-state index in [0.29, 0.717) is 57.7 Å². The Morgan fingerprint density at radius 3 is 2.48 bits per heavy atom. The monoisotopic (exact) mass is 575 g/mol. The summed E-state index contributed by atoms with van der Waals surface area (Å²) in [5.41, 5.74) is 12.0. The number of primary amides is 1. The molecule has 2 aliphatic rings. The van der Waals surface area contributed by atoms with Gasteiger partial charge in [0.05, 0.1) is 24.1 Å². The smallest absolute Gasteiger partial charge is 0.274 e. The molecule has 1 aliphatic heterocycles. The van der Waals surface area contributed by atoms with Crippen molar-refractivity contribution in [3.63, 3.8) is 0 Å². The molecule has 2 N–H and O–H groups in total. The SMILES string of the molecule is COc1cc2c(cc1-c1cncc(C(N)=O)c1)-c1c(c(C(=O)N3CCC[C@H]3C)nn1-c1cc(Cl)cc(Cl)c1)CC2. The molecule has 0 bridgehead atoms. The first-order valence-corrected chi connectivity index (χ1v) is 13.9. The van der Waals surface area contributed by atoms with Crippen LogP contribution in [0.15, 0.2) is 48.8 Å². The third-order valence-electron chi connectivity index (χ3n) is 7.75. The predicted molar refractivity (Wildman–Crippen MR) is 154 cm³/mol. The van der Waals surface area contributed by atoms with Crippen molar-refractivity contribution in [2.75, 3.05) is 13.7 Å². The van der Waals surface area contributed by atoms with Crippen LogP contribution < -0.4 is 10.5 Å². The van der Waals surface area contributed by atoms with E-state index in [1.165, 1.54) is 6.20 Å². The molecule has 1 fully saturated rings. The van der Waals surface area contributed by atoms with Gasteiger partial charge in [0.2, 0.25) is 5.91 Å². The number of methoxy groups -OCH3 is 1. The number of hydrogen-bond donors (Lipinski definition) is 1. The van der Waals surface area contributed by atoms with Crippen molar-refractivity contribution >= 4 is 35.0 Å². The third-order valence-corrected chi connectivity index (χ3v) is 8.19. The molecule has 0 radical (unpaired) electrons. The van der Waals surface area contributed by atoms with Crippen LogP contribution in [0.1, 0.15) is 51.7 Å². The lowest BCUT2D eigenvalue weighted by Gasteiger charge is -2.23. The fourth-order valence-electron chi connectivity index (χ4n) is 5.78. The van der Waals surface area contributed by atoms with Gasteiger partial charge in [-0.25, -0.2) is 4.68 Å². The minimum absolute atomic E-state index is 0.0660. The molecule has 2 amide bonds. The van der Waals surface area contributed by atoms with Crippen molar-refractivity contribution in [2.45, 2.75) is 38.6 Å². The Morgan fingerprint density at radius 2 is 1.80 bits per heavy atom. The van der Waals surface area contributed by atoms with Gasteiger partial charge in [0.25, 0.3) is 5.91 Å². The molecule has 0 unspecified atom stereocenters. The molecule has 1 aliphatic carbocycles. The molecule has 10 heteroatoms. The molecule has 6 rings (SSSR count). The maximum Gasteiger partial charge on any atom is 0.274 e. The zero-order chi connectivity index (χ0) is 28.1. The molecular formula is C30H27Cl2N5O3. The number of ether oxygens (including phenoxy) is 1. The van der Waals surface area contributed by atoms with Gasteiger partial charge in [-0.15, -0.1) is 0 Å². The van der Waals surface area contributed by atoms with E-state index >= 15 is 0 Å². The normalized spacial score (nSPS) is 16.0. The number of pyridine rings is 1. The fourth-order valence-corrected chi connectivity index (χ4v) is 6.29. The van der Waals surface area contributed by atoms with Crippen molar-refractivity contribution in [2.24, 2.45) is 5.73 Å². The summed E-state index contributed by atoms with van der Waals surface area (Å²) in [6, 6.07) is 11.1. The number of rotatable bonds is 5. The topological polar surface area (TPSA) is 103 Å². The summed E-state index contributed by atoms with van der Waals surface area (Å²) in [6.07, 6.45) is 6.40. The maximum atomic E-state index is 13.8. The average Bonchev–Trinajstić information content (AvgIpc) is 3.55. The van der Waals surface area contributed by atoms with Gasteiger partial charge in [0.1, 0.15) is 5.75 Å². The van der Waals surface area contributed by atoms with Crippen molar-refractivity contribution in [3.8, 4) is 33.8 Å². The standard InChI is InChI=1S/C30H27Cl2N5O3/c1-16-4-3-7-36(16)30(39)27-23-6-5-17-9-26(40-2)24(18-8-19(29(33)38)15-34-14-18)13-25(17)28(23)37(35-27)22-11-20(31)10-21(32)12-22/h8-16H,3-7H2,1-2H3,(H2,33,38)/t16-/m1/s1. The van der Waals surface area contributed by atoms with E-state index < -0.39 is 5.91 Å². The van der Waals surface area contributed by atoms with Crippen LogP contribution in [0, 0.1) is 0 Å². The van der Waals surface area contributed by atoms with Gasteiger partial charge >= 0.3 is 0 Å². The molecule has 3 heterocycles. The van der Waals surface area contributed by atoms with Crippen LogP contribution in [0.5, 0.6) is 5.75 Å². The molecular weight excluding hydrogens is 549 g/mol. The first-order valence-electron chi connectivity index (χ1n) is 13.1. The minimum Gasteiger partial charge on any atom is -0.496 e. The molecule has 8 nitrogen and oxygen atoms in total. The van der Waals surface area contributed by atoms with Gasteiger partial charge in [-0.3, -0.25) is 14.6 Å². The number of likely N-dealkylation sites (tertiary alicyclic amines) is 1. The maximum absolute atomic E-state index is 13.8. The number of amides is 2. The number of halogens is 2. The average molecular weight is 576 g/mol. The molecule has 2 aromatic heterocycles. The third kappa shape index (κ3) is 4.51. The number of nitrogens with two attached hydrogens (primary N) is 1. The second-order valence-corrected chi connectivity index (χ2v) is 11.1. The molecule has 0 saturated carbocycles. The van der Waals surface area contributed by atoms with Gasteiger partial charge in [0.15, 0.2) is 5.69 Å². The largest absolute Gasteiger partial charge is 0.496 e. The highest BCUT2D eigenvalue weighted by molar-refractivity contribution is 6.34. The molecule has 0 spiro atoms. The molecule has 1 saturated heterocycles. The van der Waals surface area contributed by atoms with Crippen molar-refractivity contribution in [1.82, 2.24) is 19.7 Å². The van der Waals surface area contributed by atoms with Crippen molar-refractivity contribution in [3.05, 3.63) is 81.2 Å². The first-order chi connectivity index (χ1) is 19.2. The van der Waals surface area contributed by atoms with Crippen LogP contribution >= 0.6 is 23.2 Å². The van der Waals surface area contributed by atoms with Crippen LogP contribution in [0.4, 0.5) is 0 Å². The van der Waals surface area contributed by atoms with E-state index in [0.717, 1.165) is 40.8 Å². The van der Waals surface area contributed by atoms with Crippen LogP contribution in [0.25, 0.3) is 28.1 Å². The molecule has 4 aromatic rings. The Balaban J connectivity index is 1.59. The number of carbonyl (C=O) groups is 2. The summed E-state index contributed by atoms with van der Waals surface area (Å²) < 4.78 is 7.53. The van der Waals surface area contributed by atoms with Crippen molar-refractivity contribution in [1.29, 1.82) is 0 Å². The second-order valence-electron chi connectivity index (χ2n) is 10.2. The highest BCUT2D eigenvalue weighted by Gasteiger charge is 2.34. The lowest BCUT2D eigenvalue weighted by atomic mass is 9.86. The lowest BCUT2D eigenvalue weighted by Crippen LogP contribution is -2.34. The number of nitrogens with zero attached hydrogens (tertiary/aromatic N) is 4. The van der Waals surface area contributed by atoms with Crippen LogP contribution in [0.2, 0.25) is 10.0 Å². The summed E-state index contributed by atoms with van der Waals surface area (Å²) in [5, 5.41) is 5.84. The minimum atomic E-state index is -0.566. The fraction of sp³-hybridized carbons (Fsp3) is 0.267. The van der Waals surface area contributed by atoms with E-state index in [-0.39, 0.29) is 11.9 Å². The summed E-state index contributed by atoms with van der Waals surface area (Å²) in [4.78, 5) is 31.8. The highest BCUT2D eigenvalue weighted by atomic mass is 35.5. The number of carbonyl (C=O) groups excluding carboxylic acids is 2. The number of hydrogen-bond acceptors (Lipinski definition) is 5. The number of aryl methyl sites for hydroxylation is 1. The van der Waals surface area contributed by atoms with E-state index in [1.54, 1.807) is 42.3 Å². The molecule has 1 atom stereocenters. The van der Waals surface area contributed by atoms with Crippen LogP contribution in [-0.2, 0) is 12.8 Å². The number of fused-ring (bicyclic) bond motifs is 3.